The van der Waals surface area contributed by atoms with E-state index >= 15 is 0 Å². The Balaban J connectivity index is 2.00. The molecule has 1 saturated carbocycles. The van der Waals surface area contributed by atoms with Crippen molar-refractivity contribution < 1.29 is 4.74 Å². The standard InChI is InChI=1S/C17H27NO/c1-14(2)15-5-7-16(8-6-15)17(9-4-10-17)13-18-11-12-19-3/h5-8,14,18H,4,9-13H2,1-3H3. The van der Waals surface area contributed by atoms with E-state index < -0.39 is 0 Å². The zero-order chi connectivity index (χ0) is 13.7. The fourth-order valence-corrected chi connectivity index (χ4v) is 2.89. The monoisotopic (exact) mass is 261 g/mol. The van der Waals surface area contributed by atoms with Crippen LogP contribution >= 0.6 is 0 Å². The number of hydrogen-bond acceptors (Lipinski definition) is 2. The summed E-state index contributed by atoms with van der Waals surface area (Å²) >= 11 is 0. The van der Waals surface area contributed by atoms with Crippen molar-refractivity contribution in [1.82, 2.24) is 5.32 Å². The van der Waals surface area contributed by atoms with Gasteiger partial charge in [0.25, 0.3) is 0 Å². The maximum Gasteiger partial charge on any atom is 0.0587 e. The maximum absolute atomic E-state index is 5.09. The lowest BCUT2D eigenvalue weighted by molar-refractivity contribution is 0.185. The van der Waals surface area contributed by atoms with Gasteiger partial charge in [0.15, 0.2) is 0 Å². The summed E-state index contributed by atoms with van der Waals surface area (Å²) < 4.78 is 5.09. The largest absolute Gasteiger partial charge is 0.383 e. The normalized spacial score (nSPS) is 17.5. The summed E-state index contributed by atoms with van der Waals surface area (Å²) in [5.74, 6) is 0.617. The van der Waals surface area contributed by atoms with Crippen LogP contribution in [0.2, 0.25) is 0 Å². The van der Waals surface area contributed by atoms with E-state index in [0.29, 0.717) is 11.3 Å². The van der Waals surface area contributed by atoms with E-state index in [1.807, 2.05) is 0 Å². The molecule has 1 aromatic carbocycles. The first-order valence-corrected chi connectivity index (χ1v) is 7.48. The highest BCUT2D eigenvalue weighted by Gasteiger charge is 2.37. The summed E-state index contributed by atoms with van der Waals surface area (Å²) in [7, 11) is 1.76. The van der Waals surface area contributed by atoms with Gasteiger partial charge in [0.1, 0.15) is 0 Å². The van der Waals surface area contributed by atoms with Crippen LogP contribution in [-0.4, -0.2) is 26.8 Å². The topological polar surface area (TPSA) is 21.3 Å². The number of nitrogens with one attached hydrogen (secondary N) is 1. The summed E-state index contributed by atoms with van der Waals surface area (Å²) in [6.45, 7) is 7.32. The molecule has 0 spiro atoms. The van der Waals surface area contributed by atoms with Crippen LogP contribution in [0.5, 0.6) is 0 Å². The Hall–Kier alpha value is -0.860. The maximum atomic E-state index is 5.09. The van der Waals surface area contributed by atoms with Gasteiger partial charge in [-0.25, -0.2) is 0 Å². The van der Waals surface area contributed by atoms with Gasteiger partial charge in [-0.3, -0.25) is 0 Å². The average Bonchev–Trinajstić information content (AvgIpc) is 2.37. The number of methoxy groups -OCH3 is 1. The molecule has 1 aliphatic carbocycles. The lowest BCUT2D eigenvalue weighted by atomic mass is 9.64. The molecule has 0 unspecified atom stereocenters. The zero-order valence-electron chi connectivity index (χ0n) is 12.5. The predicted molar refractivity (Wildman–Crippen MR) is 80.8 cm³/mol. The van der Waals surface area contributed by atoms with Crippen molar-refractivity contribution in [2.45, 2.75) is 44.4 Å². The van der Waals surface area contributed by atoms with Gasteiger partial charge in [0.05, 0.1) is 6.61 Å². The zero-order valence-corrected chi connectivity index (χ0v) is 12.5. The quantitative estimate of drug-likeness (QED) is 0.759. The Bertz CT molecular complexity index is 379. The van der Waals surface area contributed by atoms with Crippen LogP contribution in [-0.2, 0) is 10.2 Å². The molecule has 2 rings (SSSR count). The smallest absolute Gasteiger partial charge is 0.0587 e. The molecule has 0 aliphatic heterocycles. The van der Waals surface area contributed by atoms with E-state index in [1.165, 1.54) is 30.4 Å². The Labute approximate surface area is 117 Å². The molecule has 1 aromatic rings. The van der Waals surface area contributed by atoms with E-state index in [9.17, 15) is 0 Å². The van der Waals surface area contributed by atoms with Crippen LogP contribution in [0.3, 0.4) is 0 Å². The molecule has 2 heteroatoms. The summed E-state index contributed by atoms with van der Waals surface area (Å²) in [5, 5.41) is 3.54. The molecule has 0 aromatic heterocycles. The van der Waals surface area contributed by atoms with Gasteiger partial charge in [-0.2, -0.15) is 0 Å². The van der Waals surface area contributed by atoms with E-state index in [2.05, 4.69) is 43.4 Å². The van der Waals surface area contributed by atoms with Crippen LogP contribution in [0.4, 0.5) is 0 Å². The minimum atomic E-state index is 0.378. The molecule has 19 heavy (non-hydrogen) atoms. The van der Waals surface area contributed by atoms with Crippen LogP contribution < -0.4 is 5.32 Å². The van der Waals surface area contributed by atoms with Crippen molar-refractivity contribution in [1.29, 1.82) is 0 Å². The van der Waals surface area contributed by atoms with Crippen LogP contribution in [0.1, 0.15) is 50.2 Å². The van der Waals surface area contributed by atoms with Crippen LogP contribution in [0.15, 0.2) is 24.3 Å². The molecule has 106 valence electrons. The highest BCUT2D eigenvalue weighted by Crippen LogP contribution is 2.43. The Morgan fingerprint density at radius 2 is 1.89 bits per heavy atom. The fourth-order valence-electron chi connectivity index (χ4n) is 2.89. The van der Waals surface area contributed by atoms with Gasteiger partial charge in [-0.15, -0.1) is 0 Å². The minimum Gasteiger partial charge on any atom is -0.383 e. The Morgan fingerprint density at radius 3 is 2.37 bits per heavy atom. The molecule has 2 nitrogen and oxygen atoms in total. The van der Waals surface area contributed by atoms with Crippen molar-refractivity contribution in [3.05, 3.63) is 35.4 Å². The first kappa shape index (κ1) is 14.5. The molecule has 1 N–H and O–H groups in total. The Kier molecular flexibility index (Phi) is 5.00. The molecule has 0 saturated heterocycles. The molecule has 0 radical (unpaired) electrons. The number of rotatable bonds is 7. The second-order valence-corrected chi connectivity index (χ2v) is 6.08. The van der Waals surface area contributed by atoms with Gasteiger partial charge >= 0.3 is 0 Å². The van der Waals surface area contributed by atoms with Crippen molar-refractivity contribution >= 4 is 0 Å². The molecular formula is C17H27NO. The molecule has 0 heterocycles. The number of benzene rings is 1. The van der Waals surface area contributed by atoms with Gasteiger partial charge in [-0.05, 0) is 29.9 Å². The molecule has 1 aliphatic rings. The van der Waals surface area contributed by atoms with Crippen molar-refractivity contribution in [2.75, 3.05) is 26.8 Å². The van der Waals surface area contributed by atoms with Gasteiger partial charge in [-0.1, -0.05) is 44.5 Å². The van der Waals surface area contributed by atoms with Crippen molar-refractivity contribution in [3.8, 4) is 0 Å². The third-order valence-corrected chi connectivity index (χ3v) is 4.45. The van der Waals surface area contributed by atoms with Gasteiger partial charge in [0.2, 0.25) is 0 Å². The summed E-state index contributed by atoms with van der Waals surface area (Å²) in [6.07, 6.45) is 3.99. The first-order valence-electron chi connectivity index (χ1n) is 7.48. The molecule has 0 amide bonds. The molecular weight excluding hydrogens is 234 g/mol. The number of ether oxygens (including phenoxy) is 1. The van der Waals surface area contributed by atoms with E-state index in [0.717, 1.165) is 19.7 Å². The minimum absolute atomic E-state index is 0.378. The molecule has 1 fully saturated rings. The third kappa shape index (κ3) is 3.37. The lowest BCUT2D eigenvalue weighted by Gasteiger charge is -2.43. The highest BCUT2D eigenvalue weighted by molar-refractivity contribution is 5.32. The van der Waals surface area contributed by atoms with E-state index in [1.54, 1.807) is 7.11 Å². The lowest BCUT2D eigenvalue weighted by Crippen LogP contribution is -2.44. The van der Waals surface area contributed by atoms with Gasteiger partial charge in [0, 0.05) is 25.6 Å². The van der Waals surface area contributed by atoms with E-state index in [-0.39, 0.29) is 0 Å². The first-order chi connectivity index (χ1) is 9.18. The summed E-state index contributed by atoms with van der Waals surface area (Å²) in [4.78, 5) is 0. The average molecular weight is 261 g/mol. The van der Waals surface area contributed by atoms with E-state index in [4.69, 9.17) is 4.74 Å². The van der Waals surface area contributed by atoms with Gasteiger partial charge < -0.3 is 10.1 Å². The summed E-state index contributed by atoms with van der Waals surface area (Å²) in [6, 6.07) is 9.28. The second kappa shape index (κ2) is 6.53. The highest BCUT2D eigenvalue weighted by atomic mass is 16.5. The van der Waals surface area contributed by atoms with Crippen molar-refractivity contribution in [2.24, 2.45) is 0 Å². The second-order valence-electron chi connectivity index (χ2n) is 6.08. The van der Waals surface area contributed by atoms with Crippen LogP contribution in [0.25, 0.3) is 0 Å². The molecule has 0 atom stereocenters. The Morgan fingerprint density at radius 1 is 1.21 bits per heavy atom. The predicted octanol–water partition coefficient (Wildman–Crippen LogP) is 3.47. The molecule has 0 bridgehead atoms. The van der Waals surface area contributed by atoms with Crippen LogP contribution in [0, 0.1) is 0 Å². The third-order valence-electron chi connectivity index (χ3n) is 4.45. The van der Waals surface area contributed by atoms with Crippen molar-refractivity contribution in [3.63, 3.8) is 0 Å². The number of hydrogen-bond donors (Lipinski definition) is 1. The fraction of sp³-hybridized carbons (Fsp3) is 0.647. The summed E-state index contributed by atoms with van der Waals surface area (Å²) in [5.41, 5.74) is 3.32. The SMILES string of the molecule is COCCNCC1(c2ccc(C(C)C)cc2)CCC1.